The fourth-order valence-electron chi connectivity index (χ4n) is 2.30. The van der Waals surface area contributed by atoms with E-state index in [-0.39, 0.29) is 0 Å². The molecule has 0 atom stereocenters. The van der Waals surface area contributed by atoms with E-state index < -0.39 is 97.1 Å². The number of rotatable bonds is 17. The maximum atomic E-state index is 12.1. The van der Waals surface area contributed by atoms with Gasteiger partial charge in [-0.2, -0.15) is 0 Å². The maximum absolute atomic E-state index is 12.1. The first-order valence-corrected chi connectivity index (χ1v) is 12.7. The molecule has 0 aromatic heterocycles. The van der Waals surface area contributed by atoms with Crippen molar-refractivity contribution in [3.05, 3.63) is 88.6 Å². The van der Waals surface area contributed by atoms with Gasteiger partial charge in [0.1, 0.15) is 0 Å². The molecule has 0 radical (unpaired) electrons. The molecule has 0 bridgehead atoms. The minimum absolute atomic E-state index is 0.406. The minimum Gasteiger partial charge on any atom is -0.478 e. The summed E-state index contributed by atoms with van der Waals surface area (Å²) >= 11 is 0. The van der Waals surface area contributed by atoms with E-state index in [1.807, 2.05) is 0 Å². The molecule has 0 spiro atoms. The van der Waals surface area contributed by atoms with Gasteiger partial charge in [-0.3, -0.25) is 14.4 Å². The minimum atomic E-state index is -2.29. The van der Waals surface area contributed by atoms with E-state index in [2.05, 4.69) is 46.1 Å². The van der Waals surface area contributed by atoms with Crippen molar-refractivity contribution in [2.24, 2.45) is 16.2 Å². The summed E-state index contributed by atoms with van der Waals surface area (Å²) in [7, 11) is 0. The maximum Gasteiger partial charge on any atom is 0.327 e. The van der Waals surface area contributed by atoms with Gasteiger partial charge in [-0.1, -0.05) is 53.0 Å². The number of carbonyl (C=O) groups is 7. The molecule has 0 aliphatic rings. The smallest absolute Gasteiger partial charge is 0.327 e. The lowest BCUT2D eigenvalue weighted by atomic mass is 9.57. The summed E-state index contributed by atoms with van der Waals surface area (Å²) in [5.41, 5.74) is -5.09. The van der Waals surface area contributed by atoms with Gasteiger partial charge in [0.15, 0.2) is 22.8 Å². The lowest BCUT2D eigenvalue weighted by Crippen LogP contribution is -2.59. The number of carboxylic acids is 4. The Bertz CT molecular complexity index is 970. The standard InChI is InChI=1S/C14H18O5.C5H12O4.4C3H4O2/c1-5-10(17)14(11(18)6-2,12(19)7-3)13(4,8-15)9-16;6-1-5(2-7,3-8)4-9;4*1-2-3(4)5/h5-7,15-16H,1-3,8-9H2,4H3;6-9H,1-4H2;4*2H,1H2,(H,4,5). The van der Waals surface area contributed by atoms with Crippen molar-refractivity contribution in [1.82, 2.24) is 0 Å². The highest BCUT2D eigenvalue weighted by molar-refractivity contribution is 6.32. The van der Waals surface area contributed by atoms with Crippen molar-refractivity contribution in [3.8, 4) is 0 Å². The second-order valence-electron chi connectivity index (χ2n) is 8.63. The number of aliphatic hydroxyl groups is 6. The van der Waals surface area contributed by atoms with Crippen molar-refractivity contribution in [2.45, 2.75) is 6.92 Å². The van der Waals surface area contributed by atoms with Gasteiger partial charge in [0.2, 0.25) is 0 Å². The first kappa shape index (κ1) is 55.2. The van der Waals surface area contributed by atoms with Crippen LogP contribution in [0.15, 0.2) is 88.6 Å². The molecule has 48 heavy (non-hydrogen) atoms. The summed E-state index contributed by atoms with van der Waals surface area (Å²) in [5.74, 6) is -6.65. The fourth-order valence-corrected chi connectivity index (χ4v) is 2.30. The molecule has 0 aliphatic heterocycles. The Kier molecular flexibility index (Phi) is 36.6. The second-order valence-corrected chi connectivity index (χ2v) is 8.63. The Morgan fingerprint density at radius 2 is 0.583 bits per heavy atom. The molecule has 0 aromatic carbocycles. The van der Waals surface area contributed by atoms with Crippen LogP contribution in [0.25, 0.3) is 0 Å². The molecule has 10 N–H and O–H groups in total. The van der Waals surface area contributed by atoms with E-state index in [0.717, 1.165) is 42.5 Å². The summed E-state index contributed by atoms with van der Waals surface area (Å²) in [6, 6.07) is 0. The fraction of sp³-hybridized carbons (Fsp3) is 0.323. The quantitative estimate of drug-likeness (QED) is 0.0659. The average molecular weight is 691 g/mol. The van der Waals surface area contributed by atoms with Gasteiger partial charge in [0.05, 0.1) is 45.1 Å². The van der Waals surface area contributed by atoms with Gasteiger partial charge in [0.25, 0.3) is 0 Å². The molecular formula is C31H46O17. The first-order valence-electron chi connectivity index (χ1n) is 12.7. The average Bonchev–Trinajstić information content (AvgIpc) is 3.10. The van der Waals surface area contributed by atoms with Crippen LogP contribution in [-0.4, -0.2) is 132 Å². The normalized spacial score (nSPS) is 9.48. The van der Waals surface area contributed by atoms with Crippen LogP contribution in [-0.2, 0) is 33.6 Å². The van der Waals surface area contributed by atoms with Crippen molar-refractivity contribution in [2.75, 3.05) is 39.6 Å². The Morgan fingerprint density at radius 3 is 0.646 bits per heavy atom. The number of allylic oxidation sites excluding steroid dienone is 3. The van der Waals surface area contributed by atoms with Crippen LogP contribution in [0.5, 0.6) is 0 Å². The lowest BCUT2D eigenvalue weighted by Gasteiger charge is -2.41. The summed E-state index contributed by atoms with van der Waals surface area (Å²) in [5, 5.41) is 83.3. The van der Waals surface area contributed by atoms with Crippen LogP contribution in [0, 0.1) is 16.2 Å². The van der Waals surface area contributed by atoms with Crippen molar-refractivity contribution >= 4 is 41.2 Å². The van der Waals surface area contributed by atoms with Crippen molar-refractivity contribution in [1.29, 1.82) is 0 Å². The summed E-state index contributed by atoms with van der Waals surface area (Å²) in [6.07, 6.45) is 5.77. The molecule has 0 saturated carbocycles. The second kappa shape index (κ2) is 31.8. The zero-order valence-electron chi connectivity index (χ0n) is 26.6. The predicted octanol–water partition coefficient (Wildman–Crippen LogP) is -0.801. The topological polar surface area (TPSA) is 322 Å². The highest BCUT2D eigenvalue weighted by Crippen LogP contribution is 2.42. The van der Waals surface area contributed by atoms with Crippen molar-refractivity contribution in [3.63, 3.8) is 0 Å². The zero-order valence-corrected chi connectivity index (χ0v) is 26.6. The number of hydrogen-bond donors (Lipinski definition) is 10. The number of carboxylic acid groups (broad SMARTS) is 4. The van der Waals surface area contributed by atoms with E-state index in [1.54, 1.807) is 0 Å². The molecule has 0 fully saturated rings. The van der Waals surface area contributed by atoms with Crippen LogP contribution >= 0.6 is 0 Å². The SMILES string of the molecule is C=CC(=O)C(C(=O)C=C)(C(=O)C=C)C(C)(CO)CO.C=CC(=O)O.C=CC(=O)O.C=CC(=O)O.C=CC(=O)O.OCC(CO)(CO)CO. The van der Waals surface area contributed by atoms with Gasteiger partial charge in [-0.15, -0.1) is 0 Å². The molecule has 0 saturated heterocycles. The molecule has 0 heterocycles. The Balaban J connectivity index is -0.000000126. The molecule has 0 rings (SSSR count). The van der Waals surface area contributed by atoms with E-state index in [4.69, 9.17) is 40.9 Å². The lowest BCUT2D eigenvalue weighted by molar-refractivity contribution is -0.157. The van der Waals surface area contributed by atoms with Gasteiger partial charge >= 0.3 is 23.9 Å². The molecular weight excluding hydrogens is 644 g/mol. The molecule has 17 heteroatoms. The Labute approximate surface area is 277 Å². The predicted molar refractivity (Wildman–Crippen MR) is 172 cm³/mol. The van der Waals surface area contributed by atoms with Crippen LogP contribution in [0.3, 0.4) is 0 Å². The van der Waals surface area contributed by atoms with Crippen LogP contribution in [0.1, 0.15) is 6.92 Å². The monoisotopic (exact) mass is 690 g/mol. The number of hydrogen-bond acceptors (Lipinski definition) is 13. The van der Waals surface area contributed by atoms with Gasteiger partial charge in [-0.25, -0.2) is 19.2 Å². The van der Waals surface area contributed by atoms with E-state index in [9.17, 15) is 43.8 Å². The van der Waals surface area contributed by atoms with Crippen LogP contribution in [0.2, 0.25) is 0 Å². The van der Waals surface area contributed by atoms with Gasteiger partial charge in [-0.05, 0) is 18.2 Å². The number of carbonyl (C=O) groups excluding carboxylic acids is 3. The van der Waals surface area contributed by atoms with Gasteiger partial charge < -0.3 is 51.1 Å². The summed E-state index contributed by atoms with van der Waals surface area (Å²) in [6.45, 7) is 19.8. The highest BCUT2D eigenvalue weighted by atomic mass is 16.4. The largest absolute Gasteiger partial charge is 0.478 e. The Hall–Kier alpha value is -5.17. The number of aliphatic hydroxyl groups excluding tert-OH is 6. The van der Waals surface area contributed by atoms with Gasteiger partial charge in [0, 0.05) is 29.7 Å². The van der Waals surface area contributed by atoms with Crippen LogP contribution in [0.4, 0.5) is 0 Å². The third-order valence-corrected chi connectivity index (χ3v) is 5.31. The molecule has 0 unspecified atom stereocenters. The van der Waals surface area contributed by atoms with E-state index in [0.29, 0.717) is 0 Å². The van der Waals surface area contributed by atoms with E-state index >= 15 is 0 Å². The highest BCUT2D eigenvalue weighted by Gasteiger charge is 2.60. The zero-order chi connectivity index (χ0) is 39.7. The molecule has 272 valence electrons. The molecule has 17 nitrogen and oxygen atoms in total. The van der Waals surface area contributed by atoms with E-state index in [1.165, 1.54) is 6.92 Å². The number of aliphatic carboxylic acids is 4. The first-order chi connectivity index (χ1) is 22.1. The summed E-state index contributed by atoms with van der Waals surface area (Å²) < 4.78 is 0. The molecule has 0 aromatic rings. The molecule has 0 aliphatic carbocycles. The van der Waals surface area contributed by atoms with Crippen molar-refractivity contribution < 1.29 is 84.6 Å². The molecule has 0 amide bonds. The van der Waals surface area contributed by atoms with Crippen LogP contribution < -0.4 is 0 Å². The third kappa shape index (κ3) is 22.4. The number of ketones is 3. The summed E-state index contributed by atoms with van der Waals surface area (Å²) in [4.78, 5) is 73.4. The third-order valence-electron chi connectivity index (χ3n) is 5.31. The Morgan fingerprint density at radius 1 is 0.417 bits per heavy atom.